The molecular weight excluding hydrogens is 1150 g/mol. The molecule has 0 fully saturated rings. The fourth-order valence-corrected chi connectivity index (χ4v) is 18.8. The van der Waals surface area contributed by atoms with Crippen LogP contribution in [-0.4, -0.2) is 44.7 Å². The molecule has 6 nitrogen and oxygen atoms in total. The van der Waals surface area contributed by atoms with Crippen LogP contribution in [0.2, 0.25) is 0 Å². The van der Waals surface area contributed by atoms with Crippen LogP contribution >= 0.6 is 68.0 Å². The van der Waals surface area contributed by atoms with E-state index in [4.69, 9.17) is 9.97 Å². The Labute approximate surface area is 532 Å². The Morgan fingerprint density at radius 3 is 0.976 bits per heavy atom. The van der Waals surface area contributed by atoms with Crippen LogP contribution in [0.5, 0.6) is 0 Å². The van der Waals surface area contributed by atoms with Gasteiger partial charge < -0.3 is 9.80 Å². The minimum Gasteiger partial charge on any atom is -0.304 e. The number of fused-ring (bicyclic) bond motifs is 1. The number of aryl methyl sites for hydroxylation is 2. The summed E-state index contributed by atoms with van der Waals surface area (Å²) in [6.07, 6.45) is 45.4. The van der Waals surface area contributed by atoms with E-state index in [0.717, 1.165) is 82.5 Å². The highest BCUT2D eigenvalue weighted by molar-refractivity contribution is 7.27. The molecule has 0 radical (unpaired) electrons. The van der Waals surface area contributed by atoms with Gasteiger partial charge >= 0.3 is 0 Å². The van der Waals surface area contributed by atoms with Gasteiger partial charge in [-0.1, -0.05) is 208 Å². The van der Waals surface area contributed by atoms with Gasteiger partial charge in [0.1, 0.15) is 10.0 Å². The van der Waals surface area contributed by atoms with Gasteiger partial charge in [-0.25, -0.2) is 9.97 Å². The van der Waals surface area contributed by atoms with Gasteiger partial charge in [0.15, 0.2) is 0 Å². The van der Waals surface area contributed by atoms with E-state index in [1.54, 1.807) is 22.7 Å². The van der Waals surface area contributed by atoms with Crippen molar-refractivity contribution in [3.8, 4) is 39.0 Å². The summed E-state index contributed by atoms with van der Waals surface area (Å²) in [5.41, 5.74) is 2.58. The van der Waals surface area contributed by atoms with Crippen molar-refractivity contribution >= 4 is 91.2 Å². The summed E-state index contributed by atoms with van der Waals surface area (Å²) in [6, 6.07) is 18.3. The molecule has 0 saturated carbocycles. The standard InChI is InChI=1S/C72H102N4O2S6/c1-7-13-19-25-27-31-37-53(35-29-21-15-9-3)51-75-67(69-73-49-63(83-69)61-47-45-59(81-61)57-43-41-55(79-57)39-33-23-17-11-5)65-66(71(75)77)68(76(72(65)78)52-54(36-30-22-16-10-4)38-32-28-26-20-14-8-2)70-74-50-64(84-70)62-48-46-60(82-62)58-44-42-56(80-58)40-34-24-18-12-6/h41-50,53-54H,7-40,51-52H2,1-6H3. The fraction of sp³-hybridized carbons (Fsp3) is 0.611. The summed E-state index contributed by atoms with van der Waals surface area (Å²) in [4.78, 5) is 59.5. The number of nitrogens with zero attached hydrogens (tertiary/aromatic N) is 4. The number of thiophene rings is 4. The molecule has 0 N–H and O–H groups in total. The number of hydrogen-bond acceptors (Lipinski definition) is 10. The first kappa shape index (κ1) is 66.4. The van der Waals surface area contributed by atoms with Gasteiger partial charge in [-0.2, -0.15) is 0 Å². The van der Waals surface area contributed by atoms with E-state index >= 15 is 9.59 Å². The minimum atomic E-state index is -0.0421. The summed E-state index contributed by atoms with van der Waals surface area (Å²) in [7, 11) is 0. The number of carbonyl (C=O) groups excluding carboxylic acids is 2. The summed E-state index contributed by atoms with van der Waals surface area (Å²) in [5, 5.41) is 1.55. The SMILES string of the molecule is CCCCCCCCC(CCCCCC)CN1C(=O)C2=C(c3ncc(-c4ccc(-c5ccc(CCCCCC)s5)s4)s3)N(CC(CCCCCC)CCCCCCCC)C(=O)C2=C1c1ncc(-c2ccc(-c3ccc(CCCCCC)s3)s2)s1. The lowest BCUT2D eigenvalue weighted by molar-refractivity contribution is -0.124. The van der Waals surface area contributed by atoms with Crippen molar-refractivity contribution in [3.05, 3.63) is 91.8 Å². The average molecular weight is 1250 g/mol. The fourth-order valence-electron chi connectivity index (χ4n) is 12.4. The van der Waals surface area contributed by atoms with E-state index in [1.807, 2.05) is 57.7 Å². The third-order valence-corrected chi connectivity index (χ3v) is 24.7. The Bertz CT molecular complexity index is 2760. The van der Waals surface area contributed by atoms with Gasteiger partial charge in [0.2, 0.25) is 0 Å². The van der Waals surface area contributed by atoms with Gasteiger partial charge in [-0.15, -0.1) is 68.0 Å². The highest BCUT2D eigenvalue weighted by Crippen LogP contribution is 2.51. The molecular formula is C72H102N4O2S6. The molecule has 6 aromatic heterocycles. The Hall–Kier alpha value is -3.52. The Kier molecular flexibility index (Phi) is 28.5. The van der Waals surface area contributed by atoms with Crippen LogP contribution in [0.3, 0.4) is 0 Å². The third kappa shape index (κ3) is 18.8. The van der Waals surface area contributed by atoms with E-state index in [9.17, 15) is 0 Å². The molecule has 458 valence electrons. The maximum absolute atomic E-state index is 16.1. The van der Waals surface area contributed by atoms with Crippen molar-refractivity contribution in [1.29, 1.82) is 0 Å². The molecule has 0 spiro atoms. The molecule has 2 unspecified atom stereocenters. The molecule has 2 aliphatic heterocycles. The van der Waals surface area contributed by atoms with E-state index < -0.39 is 0 Å². The van der Waals surface area contributed by atoms with Gasteiger partial charge in [0.25, 0.3) is 11.8 Å². The van der Waals surface area contributed by atoms with Gasteiger partial charge in [0, 0.05) is 64.5 Å². The molecule has 2 amide bonds. The van der Waals surface area contributed by atoms with E-state index in [-0.39, 0.29) is 11.8 Å². The van der Waals surface area contributed by atoms with Crippen molar-refractivity contribution in [1.82, 2.24) is 19.8 Å². The highest BCUT2D eigenvalue weighted by Gasteiger charge is 2.51. The van der Waals surface area contributed by atoms with Crippen molar-refractivity contribution in [2.45, 2.75) is 260 Å². The molecule has 0 aromatic carbocycles. The molecule has 2 atom stereocenters. The number of hydrogen-bond donors (Lipinski definition) is 0. The van der Waals surface area contributed by atoms with E-state index in [2.05, 4.69) is 99.9 Å². The highest BCUT2D eigenvalue weighted by atomic mass is 32.1. The first-order chi connectivity index (χ1) is 41.3. The molecule has 8 rings (SSSR count). The minimum absolute atomic E-state index is 0.0421. The molecule has 8 heterocycles. The maximum atomic E-state index is 16.1. The maximum Gasteiger partial charge on any atom is 0.261 e. The first-order valence-electron chi connectivity index (χ1n) is 33.7. The second kappa shape index (κ2) is 36.1. The number of amides is 2. The molecule has 2 aliphatic rings. The molecule has 0 bridgehead atoms. The van der Waals surface area contributed by atoms with Crippen molar-refractivity contribution in [2.75, 3.05) is 13.1 Å². The van der Waals surface area contributed by atoms with Crippen LogP contribution in [0.1, 0.15) is 267 Å². The largest absolute Gasteiger partial charge is 0.304 e. The second-order valence-electron chi connectivity index (χ2n) is 24.4. The number of thiazole rings is 2. The normalized spacial score (nSPS) is 14.4. The number of carbonyl (C=O) groups is 2. The lowest BCUT2D eigenvalue weighted by atomic mass is 9.93. The predicted octanol–water partition coefficient (Wildman–Crippen LogP) is 24.2. The zero-order valence-electron chi connectivity index (χ0n) is 52.4. The zero-order chi connectivity index (χ0) is 58.9. The number of aromatic nitrogens is 2. The van der Waals surface area contributed by atoms with Gasteiger partial charge in [-0.05, 0) is 112 Å². The molecule has 6 aromatic rings. The summed E-state index contributed by atoms with van der Waals surface area (Å²) >= 11 is 10.8. The van der Waals surface area contributed by atoms with Crippen LogP contribution in [0.4, 0.5) is 0 Å². The van der Waals surface area contributed by atoms with Gasteiger partial charge in [-0.3, -0.25) is 9.59 Å². The average Bonchev–Trinajstić information content (AvgIpc) is 3.62. The van der Waals surface area contributed by atoms with Crippen LogP contribution < -0.4 is 0 Å². The molecule has 0 saturated heterocycles. The summed E-state index contributed by atoms with van der Waals surface area (Å²) < 4.78 is 0. The predicted molar refractivity (Wildman–Crippen MR) is 371 cm³/mol. The molecule has 84 heavy (non-hydrogen) atoms. The van der Waals surface area contributed by atoms with Crippen LogP contribution in [0, 0.1) is 11.8 Å². The van der Waals surface area contributed by atoms with Crippen LogP contribution in [-0.2, 0) is 22.4 Å². The Morgan fingerprint density at radius 2 is 0.619 bits per heavy atom. The molecule has 0 aliphatic carbocycles. The lowest BCUT2D eigenvalue weighted by Gasteiger charge is -2.29. The smallest absolute Gasteiger partial charge is 0.261 e. The quantitative estimate of drug-likeness (QED) is 0.0358. The van der Waals surface area contributed by atoms with Crippen molar-refractivity contribution in [2.24, 2.45) is 11.8 Å². The molecule has 12 heteroatoms. The third-order valence-electron chi connectivity index (χ3n) is 17.4. The summed E-state index contributed by atoms with van der Waals surface area (Å²) in [5.74, 6) is 0.570. The first-order valence-corrected chi connectivity index (χ1v) is 38.6. The topological polar surface area (TPSA) is 66.4 Å². The summed E-state index contributed by atoms with van der Waals surface area (Å²) in [6.45, 7) is 14.9. The van der Waals surface area contributed by atoms with Crippen molar-refractivity contribution in [3.63, 3.8) is 0 Å². The zero-order valence-corrected chi connectivity index (χ0v) is 57.3. The van der Waals surface area contributed by atoms with E-state index in [0.29, 0.717) is 36.1 Å². The van der Waals surface area contributed by atoms with Crippen LogP contribution in [0.15, 0.2) is 72.1 Å². The van der Waals surface area contributed by atoms with Gasteiger partial charge in [0.05, 0.1) is 32.3 Å². The van der Waals surface area contributed by atoms with E-state index in [1.165, 1.54) is 206 Å². The van der Waals surface area contributed by atoms with Crippen LogP contribution in [0.25, 0.3) is 50.4 Å². The Morgan fingerprint density at radius 1 is 0.333 bits per heavy atom. The second-order valence-corrected chi connectivity index (χ2v) is 30.9. The van der Waals surface area contributed by atoms with Crippen molar-refractivity contribution < 1.29 is 9.59 Å². The number of unbranched alkanes of at least 4 members (excludes halogenated alkanes) is 22. The monoisotopic (exact) mass is 1250 g/mol. The Balaban J connectivity index is 1.18. The lowest BCUT2D eigenvalue weighted by Crippen LogP contribution is -2.35. The number of rotatable bonds is 44.